The fraction of sp³-hybridized carbons (Fsp3) is 0.944. The molecule has 0 aromatic rings. The summed E-state index contributed by atoms with van der Waals surface area (Å²) in [6, 6.07) is 0. The van der Waals surface area contributed by atoms with Gasteiger partial charge in [0.25, 0.3) is 0 Å². The van der Waals surface area contributed by atoms with Crippen LogP contribution in [0.15, 0.2) is 0 Å². The van der Waals surface area contributed by atoms with Crippen molar-refractivity contribution in [3.63, 3.8) is 0 Å². The lowest BCUT2D eigenvalue weighted by Crippen LogP contribution is -2.50. The molecule has 0 spiro atoms. The normalized spacial score (nSPS) is 23.3. The van der Waals surface area contributed by atoms with Crippen molar-refractivity contribution in [3.05, 3.63) is 0 Å². The number of aliphatic hydroxyl groups excluding tert-OH is 2. The maximum absolute atomic E-state index is 11.5. The lowest BCUT2D eigenvalue weighted by Gasteiger charge is -2.39. The van der Waals surface area contributed by atoms with E-state index in [-0.39, 0.29) is 12.6 Å². The molecular formula is C18H34O4. The summed E-state index contributed by atoms with van der Waals surface area (Å²) in [5.74, 6) is -0.241. The predicted molar refractivity (Wildman–Crippen MR) is 87.6 cm³/mol. The average Bonchev–Trinajstić information content (AvgIpc) is 2.52. The van der Waals surface area contributed by atoms with Gasteiger partial charge in [-0.1, -0.05) is 58.3 Å². The van der Waals surface area contributed by atoms with Crippen LogP contribution in [-0.4, -0.2) is 34.5 Å². The first-order valence-electron chi connectivity index (χ1n) is 9.15. The minimum atomic E-state index is -0.953. The van der Waals surface area contributed by atoms with Gasteiger partial charge in [0.2, 0.25) is 0 Å². The van der Waals surface area contributed by atoms with Gasteiger partial charge in [-0.2, -0.15) is 0 Å². The largest absolute Gasteiger partial charge is 0.456 e. The average molecular weight is 314 g/mol. The molecule has 22 heavy (non-hydrogen) atoms. The third-order valence-electron chi connectivity index (χ3n) is 4.78. The molecule has 0 aliphatic carbocycles. The van der Waals surface area contributed by atoms with Crippen molar-refractivity contribution < 1.29 is 19.7 Å². The molecule has 4 heteroatoms. The maximum Gasteiger partial charge on any atom is 0.306 e. The topological polar surface area (TPSA) is 66.8 Å². The summed E-state index contributed by atoms with van der Waals surface area (Å²) in [5.41, 5.74) is -0.842. The number of unbranched alkanes of at least 4 members (excludes halogenated alkanes) is 8. The maximum atomic E-state index is 11.5. The number of hydrogen-bond donors (Lipinski definition) is 2. The van der Waals surface area contributed by atoms with Crippen molar-refractivity contribution in [1.82, 2.24) is 0 Å². The van der Waals surface area contributed by atoms with E-state index in [1.54, 1.807) is 0 Å². The first-order valence-corrected chi connectivity index (χ1v) is 9.15. The van der Waals surface area contributed by atoms with Gasteiger partial charge >= 0.3 is 5.97 Å². The van der Waals surface area contributed by atoms with Gasteiger partial charge in [0.15, 0.2) is 0 Å². The van der Waals surface area contributed by atoms with Gasteiger partial charge in [0.05, 0.1) is 6.61 Å². The van der Waals surface area contributed by atoms with E-state index >= 15 is 0 Å². The van der Waals surface area contributed by atoms with E-state index in [1.807, 2.05) is 0 Å². The Balaban J connectivity index is 2.20. The quantitative estimate of drug-likeness (QED) is 0.425. The highest BCUT2D eigenvalue weighted by Gasteiger charge is 2.43. The zero-order valence-electron chi connectivity index (χ0n) is 14.2. The third-order valence-corrected chi connectivity index (χ3v) is 4.78. The van der Waals surface area contributed by atoms with E-state index in [0.29, 0.717) is 19.3 Å². The van der Waals surface area contributed by atoms with Gasteiger partial charge in [-0.3, -0.25) is 4.79 Å². The number of ether oxygens (including phenoxy) is 1. The van der Waals surface area contributed by atoms with Crippen LogP contribution in [0, 0.1) is 0 Å². The molecule has 1 rings (SSSR count). The summed E-state index contributed by atoms with van der Waals surface area (Å²) < 4.78 is 5.45. The van der Waals surface area contributed by atoms with Crippen molar-refractivity contribution in [2.24, 2.45) is 0 Å². The summed E-state index contributed by atoms with van der Waals surface area (Å²) in [6.07, 6.45) is 12.7. The number of cyclic esters (lactones) is 1. The van der Waals surface area contributed by atoms with Crippen LogP contribution < -0.4 is 0 Å². The highest BCUT2D eigenvalue weighted by Crippen LogP contribution is 2.34. The Hall–Kier alpha value is -0.610. The Kier molecular flexibility index (Phi) is 9.73. The van der Waals surface area contributed by atoms with Crippen molar-refractivity contribution in [1.29, 1.82) is 0 Å². The van der Waals surface area contributed by atoms with E-state index in [0.717, 1.165) is 19.3 Å². The smallest absolute Gasteiger partial charge is 0.306 e. The van der Waals surface area contributed by atoms with Crippen LogP contribution in [0.4, 0.5) is 0 Å². The van der Waals surface area contributed by atoms with Gasteiger partial charge < -0.3 is 14.9 Å². The molecule has 130 valence electrons. The van der Waals surface area contributed by atoms with Crippen molar-refractivity contribution in [2.45, 2.75) is 102 Å². The second kappa shape index (κ2) is 11.0. The van der Waals surface area contributed by atoms with Gasteiger partial charge in [0.1, 0.15) is 11.7 Å². The van der Waals surface area contributed by atoms with E-state index in [1.165, 1.54) is 44.9 Å². The number of carbonyl (C=O) groups excluding carboxylic acids is 1. The van der Waals surface area contributed by atoms with Crippen molar-refractivity contribution >= 4 is 5.97 Å². The molecule has 2 atom stereocenters. The number of rotatable bonds is 12. The van der Waals surface area contributed by atoms with Crippen LogP contribution in [0.1, 0.15) is 90.4 Å². The highest BCUT2D eigenvalue weighted by atomic mass is 16.6. The zero-order chi connectivity index (χ0) is 16.3. The highest BCUT2D eigenvalue weighted by molar-refractivity contribution is 5.70. The summed E-state index contributed by atoms with van der Waals surface area (Å²) in [6.45, 7) is 1.89. The molecule has 1 heterocycles. The minimum absolute atomic E-state index is 0.241. The van der Waals surface area contributed by atoms with Crippen LogP contribution in [0.2, 0.25) is 0 Å². The zero-order valence-corrected chi connectivity index (χ0v) is 14.2. The number of hydrogen-bond acceptors (Lipinski definition) is 4. The second-order valence-corrected chi connectivity index (χ2v) is 6.67. The molecule has 0 aromatic heterocycles. The van der Waals surface area contributed by atoms with Gasteiger partial charge in [-0.25, -0.2) is 0 Å². The molecule has 1 aliphatic rings. The van der Waals surface area contributed by atoms with Crippen LogP contribution in [0.25, 0.3) is 0 Å². The van der Waals surface area contributed by atoms with E-state index in [4.69, 9.17) is 4.74 Å². The molecule has 0 aromatic carbocycles. The fourth-order valence-corrected chi connectivity index (χ4v) is 3.34. The van der Waals surface area contributed by atoms with Crippen molar-refractivity contribution in [2.75, 3.05) is 6.61 Å². The Labute approximate surface area is 135 Å². The van der Waals surface area contributed by atoms with Gasteiger partial charge in [-0.15, -0.1) is 0 Å². The SMILES string of the molecule is CCCCCCCCCCC[C@]1([C@H](O)CO)CCCC(=O)O1. The molecule has 1 aliphatic heterocycles. The predicted octanol–water partition coefficient (Wildman–Crippen LogP) is 3.73. The number of aliphatic hydroxyl groups is 2. The van der Waals surface area contributed by atoms with Crippen LogP contribution in [-0.2, 0) is 9.53 Å². The van der Waals surface area contributed by atoms with E-state index in [9.17, 15) is 15.0 Å². The lowest BCUT2D eigenvalue weighted by atomic mass is 9.83. The molecule has 1 saturated heterocycles. The van der Waals surface area contributed by atoms with E-state index in [2.05, 4.69) is 6.92 Å². The first-order chi connectivity index (χ1) is 10.6. The van der Waals surface area contributed by atoms with Crippen LogP contribution >= 0.6 is 0 Å². The van der Waals surface area contributed by atoms with Crippen LogP contribution in [0.3, 0.4) is 0 Å². The Morgan fingerprint density at radius 3 is 2.23 bits per heavy atom. The third kappa shape index (κ3) is 6.66. The van der Waals surface area contributed by atoms with Crippen molar-refractivity contribution in [3.8, 4) is 0 Å². The summed E-state index contributed by atoms with van der Waals surface area (Å²) in [4.78, 5) is 11.5. The van der Waals surface area contributed by atoms with Gasteiger partial charge in [-0.05, 0) is 25.7 Å². The fourth-order valence-electron chi connectivity index (χ4n) is 3.34. The molecule has 0 radical (unpaired) electrons. The van der Waals surface area contributed by atoms with Crippen LogP contribution in [0.5, 0.6) is 0 Å². The summed E-state index contributed by atoms with van der Waals surface area (Å²) >= 11 is 0. The standard InChI is InChI=1S/C18H34O4/c1-2-3-4-5-6-7-8-9-10-13-18(16(20)15-19)14-11-12-17(21)22-18/h16,19-20H,2-15H2,1H3/t16-,18-/m1/s1. The Bertz CT molecular complexity index is 305. The molecule has 0 amide bonds. The molecule has 0 saturated carbocycles. The summed E-state index contributed by atoms with van der Waals surface area (Å²) in [7, 11) is 0. The Morgan fingerprint density at radius 1 is 1.09 bits per heavy atom. The molecule has 2 N–H and O–H groups in total. The molecule has 0 unspecified atom stereocenters. The first kappa shape index (κ1) is 19.4. The number of carbonyl (C=O) groups is 1. The molecule has 0 bridgehead atoms. The molecule has 4 nitrogen and oxygen atoms in total. The van der Waals surface area contributed by atoms with Gasteiger partial charge in [0, 0.05) is 6.42 Å². The molecular weight excluding hydrogens is 280 g/mol. The second-order valence-electron chi connectivity index (χ2n) is 6.67. The van der Waals surface area contributed by atoms with E-state index < -0.39 is 11.7 Å². The molecule has 1 fully saturated rings. The monoisotopic (exact) mass is 314 g/mol. The summed E-state index contributed by atoms with van der Waals surface area (Å²) in [5, 5.41) is 19.3. The minimum Gasteiger partial charge on any atom is -0.456 e. The number of esters is 1. The Morgan fingerprint density at radius 2 is 1.68 bits per heavy atom. The lowest BCUT2D eigenvalue weighted by molar-refractivity contribution is -0.189.